The molecule has 0 spiro atoms. The fourth-order valence-corrected chi connectivity index (χ4v) is 9.82. The number of para-hydroxylation sites is 2. The number of hydrogen-bond donors (Lipinski definition) is 0. The molecule has 0 N–H and O–H groups in total. The molecule has 0 bridgehead atoms. The zero-order valence-electron chi connectivity index (χ0n) is 35.1. The van der Waals surface area contributed by atoms with Crippen LogP contribution in [-0.4, -0.2) is 4.57 Å². The Labute approximate surface area is 373 Å². The Morgan fingerprint density at radius 1 is 0.234 bits per heavy atom. The Kier molecular flexibility index (Phi) is 9.20. The number of hydrogen-bond acceptors (Lipinski definition) is 1. The van der Waals surface area contributed by atoms with Crippen LogP contribution in [0.1, 0.15) is 0 Å². The first-order chi connectivity index (χ1) is 31.8. The van der Waals surface area contributed by atoms with Crippen LogP contribution in [0.4, 0.5) is 17.1 Å². The van der Waals surface area contributed by atoms with Gasteiger partial charge in [0.25, 0.3) is 0 Å². The fraction of sp³-hybridized carbons (Fsp3) is 0. The van der Waals surface area contributed by atoms with Gasteiger partial charge < -0.3 is 9.47 Å². The van der Waals surface area contributed by atoms with Gasteiger partial charge in [0, 0.05) is 33.5 Å². The fourth-order valence-electron chi connectivity index (χ4n) is 9.82. The van der Waals surface area contributed by atoms with E-state index in [2.05, 4.69) is 264 Å². The van der Waals surface area contributed by atoms with Gasteiger partial charge in [0.2, 0.25) is 0 Å². The van der Waals surface area contributed by atoms with E-state index >= 15 is 0 Å². The van der Waals surface area contributed by atoms with E-state index < -0.39 is 0 Å². The first-order valence-corrected chi connectivity index (χ1v) is 22.0. The second-order valence-electron chi connectivity index (χ2n) is 16.5. The Morgan fingerprint density at radius 2 is 0.656 bits per heavy atom. The van der Waals surface area contributed by atoms with Crippen molar-refractivity contribution in [3.05, 3.63) is 255 Å². The standard InChI is InChI=1S/C62H42N2/c1-5-17-43(18-6-1)44-29-34-50(35-30-44)63(51-36-31-45(32-37-51)48-33-40-60-57(41-48)55-26-15-16-28-59(55)64(60)49-23-11-4-12-24-49)52-38-39-54-53-25-13-14-27-56(53)61(46-19-7-2-8-20-46)62(58(54)42-52)47-21-9-3-10-22-47/h1-42H. The predicted molar refractivity (Wildman–Crippen MR) is 272 cm³/mol. The topological polar surface area (TPSA) is 8.17 Å². The molecular weight excluding hydrogens is 773 g/mol. The average Bonchev–Trinajstić information content (AvgIpc) is 3.71. The summed E-state index contributed by atoms with van der Waals surface area (Å²) in [7, 11) is 0. The molecule has 0 atom stereocenters. The number of aromatic nitrogens is 1. The first-order valence-electron chi connectivity index (χ1n) is 22.0. The molecule has 12 rings (SSSR count). The van der Waals surface area contributed by atoms with E-state index in [-0.39, 0.29) is 0 Å². The van der Waals surface area contributed by atoms with Crippen molar-refractivity contribution in [2.45, 2.75) is 0 Å². The predicted octanol–water partition coefficient (Wildman–Crippen LogP) is 17.2. The summed E-state index contributed by atoms with van der Waals surface area (Å²) in [6.45, 7) is 0. The van der Waals surface area contributed by atoms with E-state index in [1.165, 1.54) is 87.9 Å². The summed E-state index contributed by atoms with van der Waals surface area (Å²) >= 11 is 0. The van der Waals surface area contributed by atoms with E-state index in [4.69, 9.17) is 0 Å². The van der Waals surface area contributed by atoms with Crippen LogP contribution < -0.4 is 4.90 Å². The molecular formula is C62H42N2. The third-order valence-electron chi connectivity index (χ3n) is 12.8. The number of nitrogens with zero attached hydrogens (tertiary/aromatic N) is 2. The van der Waals surface area contributed by atoms with Crippen molar-refractivity contribution in [1.82, 2.24) is 4.57 Å². The van der Waals surface area contributed by atoms with E-state index in [1.807, 2.05) is 0 Å². The molecule has 300 valence electrons. The molecule has 11 aromatic carbocycles. The molecule has 12 aromatic rings. The molecule has 1 heterocycles. The molecule has 2 nitrogen and oxygen atoms in total. The summed E-state index contributed by atoms with van der Waals surface area (Å²) in [6.07, 6.45) is 0. The maximum absolute atomic E-state index is 2.41. The number of benzene rings is 11. The maximum atomic E-state index is 2.41. The summed E-state index contributed by atoms with van der Waals surface area (Å²) < 4.78 is 2.37. The lowest BCUT2D eigenvalue weighted by atomic mass is 9.85. The molecule has 0 aliphatic rings. The van der Waals surface area contributed by atoms with Gasteiger partial charge in [0.15, 0.2) is 0 Å². The van der Waals surface area contributed by atoms with Crippen molar-refractivity contribution in [2.75, 3.05) is 4.90 Å². The zero-order valence-corrected chi connectivity index (χ0v) is 35.1. The Morgan fingerprint density at radius 3 is 1.28 bits per heavy atom. The van der Waals surface area contributed by atoms with Gasteiger partial charge in [-0.05, 0) is 133 Å². The van der Waals surface area contributed by atoms with Crippen molar-refractivity contribution >= 4 is 60.4 Å². The van der Waals surface area contributed by atoms with Gasteiger partial charge in [-0.25, -0.2) is 0 Å². The van der Waals surface area contributed by atoms with Gasteiger partial charge in [-0.2, -0.15) is 0 Å². The van der Waals surface area contributed by atoms with Crippen LogP contribution in [-0.2, 0) is 0 Å². The molecule has 0 saturated heterocycles. The summed E-state index contributed by atoms with van der Waals surface area (Å²) in [5.41, 5.74) is 16.5. The zero-order chi connectivity index (χ0) is 42.4. The summed E-state index contributed by atoms with van der Waals surface area (Å²) in [6, 6.07) is 92.6. The van der Waals surface area contributed by atoms with Crippen LogP contribution in [0.25, 0.3) is 93.5 Å². The van der Waals surface area contributed by atoms with Crippen molar-refractivity contribution in [2.24, 2.45) is 0 Å². The lowest BCUT2D eigenvalue weighted by molar-refractivity contribution is 1.18. The Balaban J connectivity index is 1.03. The first kappa shape index (κ1) is 37.3. The summed E-state index contributed by atoms with van der Waals surface area (Å²) in [5, 5.41) is 7.44. The number of anilines is 3. The largest absolute Gasteiger partial charge is 0.310 e. The average molecular weight is 815 g/mol. The van der Waals surface area contributed by atoms with Gasteiger partial charge in [-0.3, -0.25) is 0 Å². The van der Waals surface area contributed by atoms with E-state index in [0.29, 0.717) is 0 Å². The number of rotatable bonds is 8. The quantitative estimate of drug-likeness (QED) is 0.139. The van der Waals surface area contributed by atoms with E-state index in [9.17, 15) is 0 Å². The van der Waals surface area contributed by atoms with Crippen molar-refractivity contribution in [3.8, 4) is 50.2 Å². The summed E-state index contributed by atoms with van der Waals surface area (Å²) in [5.74, 6) is 0. The molecule has 0 saturated carbocycles. The second-order valence-corrected chi connectivity index (χ2v) is 16.5. The third-order valence-corrected chi connectivity index (χ3v) is 12.8. The maximum Gasteiger partial charge on any atom is 0.0541 e. The van der Waals surface area contributed by atoms with E-state index in [0.717, 1.165) is 22.7 Å². The molecule has 64 heavy (non-hydrogen) atoms. The monoisotopic (exact) mass is 814 g/mol. The minimum absolute atomic E-state index is 1.09. The molecule has 1 aromatic heterocycles. The lowest BCUT2D eigenvalue weighted by Gasteiger charge is -2.27. The van der Waals surface area contributed by atoms with Crippen LogP contribution in [0.15, 0.2) is 255 Å². The van der Waals surface area contributed by atoms with Crippen molar-refractivity contribution < 1.29 is 0 Å². The highest BCUT2D eigenvalue weighted by molar-refractivity contribution is 6.22. The van der Waals surface area contributed by atoms with Crippen LogP contribution >= 0.6 is 0 Å². The Hall–Kier alpha value is -8.46. The molecule has 0 aliphatic heterocycles. The second kappa shape index (κ2) is 15.8. The van der Waals surface area contributed by atoms with Gasteiger partial charge in [-0.15, -0.1) is 0 Å². The van der Waals surface area contributed by atoms with Crippen LogP contribution in [0.5, 0.6) is 0 Å². The lowest BCUT2D eigenvalue weighted by Crippen LogP contribution is -2.10. The highest BCUT2D eigenvalue weighted by Gasteiger charge is 2.21. The van der Waals surface area contributed by atoms with Crippen molar-refractivity contribution in [1.29, 1.82) is 0 Å². The van der Waals surface area contributed by atoms with E-state index in [1.54, 1.807) is 0 Å². The molecule has 0 fully saturated rings. The van der Waals surface area contributed by atoms with Gasteiger partial charge in [0.05, 0.1) is 11.0 Å². The molecule has 0 aliphatic carbocycles. The minimum Gasteiger partial charge on any atom is -0.310 e. The summed E-state index contributed by atoms with van der Waals surface area (Å²) in [4.78, 5) is 2.40. The molecule has 2 heteroatoms. The Bertz CT molecular complexity index is 3610. The SMILES string of the molecule is c1ccc(-c2ccc(N(c3ccc(-c4ccc5c(c4)c4ccccc4n5-c4ccccc4)cc3)c3ccc4c(c3)c(-c3ccccc3)c(-c3ccccc3)c3ccccc34)cc2)cc1. The van der Waals surface area contributed by atoms with Gasteiger partial charge in [-0.1, -0.05) is 188 Å². The van der Waals surface area contributed by atoms with Crippen LogP contribution in [0, 0.1) is 0 Å². The molecule has 0 radical (unpaired) electrons. The van der Waals surface area contributed by atoms with Crippen LogP contribution in [0.2, 0.25) is 0 Å². The van der Waals surface area contributed by atoms with Gasteiger partial charge in [0.1, 0.15) is 0 Å². The number of fused-ring (bicyclic) bond motifs is 6. The minimum atomic E-state index is 1.09. The normalized spacial score (nSPS) is 11.4. The van der Waals surface area contributed by atoms with Crippen LogP contribution in [0.3, 0.4) is 0 Å². The van der Waals surface area contributed by atoms with Gasteiger partial charge >= 0.3 is 0 Å². The third kappa shape index (κ3) is 6.44. The molecule has 0 unspecified atom stereocenters. The smallest absolute Gasteiger partial charge is 0.0541 e. The highest BCUT2D eigenvalue weighted by atomic mass is 15.1. The highest BCUT2D eigenvalue weighted by Crippen LogP contribution is 2.47. The van der Waals surface area contributed by atoms with Crippen molar-refractivity contribution in [3.63, 3.8) is 0 Å². The molecule has 0 amide bonds.